The molecule has 0 saturated heterocycles. The molecular weight excluding hydrogens is 447 g/mol. The Kier molecular flexibility index (Phi) is 11.5. The Bertz CT molecular complexity index is 788. The summed E-state index contributed by atoms with van der Waals surface area (Å²) in [4.78, 5) is 22.0. The highest BCUT2D eigenvalue weighted by molar-refractivity contribution is 7.40. The van der Waals surface area contributed by atoms with E-state index in [1.54, 1.807) is 0 Å². The molecule has 34 heavy (non-hydrogen) atoms. The molecule has 2 aromatic carbocycles. The first kappa shape index (κ1) is 26.8. The molecule has 1 aliphatic rings. The lowest BCUT2D eigenvalue weighted by molar-refractivity contribution is -0.121. The predicted molar refractivity (Wildman–Crippen MR) is 138 cm³/mol. The van der Waals surface area contributed by atoms with Crippen molar-refractivity contribution in [3.05, 3.63) is 71.8 Å². The Hall–Kier alpha value is -1.82. The van der Waals surface area contributed by atoms with Gasteiger partial charge in [-0.05, 0) is 56.7 Å². The van der Waals surface area contributed by atoms with Crippen LogP contribution in [0.15, 0.2) is 60.7 Å². The lowest BCUT2D eigenvalue weighted by Gasteiger charge is -2.41. The second kappa shape index (κ2) is 14.6. The van der Waals surface area contributed by atoms with Gasteiger partial charge < -0.3 is 24.6 Å². The summed E-state index contributed by atoms with van der Waals surface area (Å²) >= 11 is 0. The molecule has 1 atom stereocenters. The van der Waals surface area contributed by atoms with Crippen molar-refractivity contribution in [3.63, 3.8) is 0 Å². The summed E-state index contributed by atoms with van der Waals surface area (Å²) in [6.07, 6.45) is 6.79. The van der Waals surface area contributed by atoms with Crippen LogP contribution in [0.3, 0.4) is 0 Å². The van der Waals surface area contributed by atoms with Gasteiger partial charge in [0.25, 0.3) is 0 Å². The molecule has 6 nitrogen and oxygen atoms in total. The maximum atomic E-state index is 11.7. The van der Waals surface area contributed by atoms with Crippen LogP contribution in [-0.2, 0) is 19.3 Å². The second-order valence-electron chi connectivity index (χ2n) is 8.95. The molecule has 0 spiro atoms. The van der Waals surface area contributed by atoms with Gasteiger partial charge in [-0.15, -0.1) is 0 Å². The van der Waals surface area contributed by atoms with Crippen molar-refractivity contribution >= 4 is 14.5 Å². The molecule has 7 heteroatoms. The van der Waals surface area contributed by atoms with Gasteiger partial charge in [0.05, 0.1) is 12.7 Å². The molecule has 0 radical (unpaired) electrons. The maximum Gasteiger partial charge on any atom is 0.330 e. The first-order valence-corrected chi connectivity index (χ1v) is 13.6. The maximum absolute atomic E-state index is 11.7. The number of hydrogen-bond donors (Lipinski definition) is 3. The zero-order chi connectivity index (χ0) is 24.1. The number of likely N-dealkylation sites (N-methyl/N-ethyl adjacent to an activating group) is 1. The summed E-state index contributed by atoms with van der Waals surface area (Å²) in [5.74, 6) is 0.0864. The molecule has 1 fully saturated rings. The number of amides is 1. The van der Waals surface area contributed by atoms with Gasteiger partial charge in [-0.1, -0.05) is 67.1 Å². The van der Waals surface area contributed by atoms with Crippen LogP contribution in [0.1, 0.15) is 62.5 Å². The molecule has 3 rings (SSSR count). The molecule has 0 heterocycles. The number of benzene rings is 2. The Morgan fingerprint density at radius 3 is 2.18 bits per heavy atom. The Labute approximate surface area is 205 Å². The van der Waals surface area contributed by atoms with Crippen molar-refractivity contribution in [1.82, 2.24) is 10.6 Å². The van der Waals surface area contributed by atoms with E-state index in [4.69, 9.17) is 9.05 Å². The summed E-state index contributed by atoms with van der Waals surface area (Å²) in [5.41, 5.74) is 2.68. The van der Waals surface area contributed by atoms with Gasteiger partial charge in [0.1, 0.15) is 0 Å². The molecule has 1 aliphatic carbocycles. The molecule has 3 N–H and O–H groups in total. The van der Waals surface area contributed by atoms with Crippen LogP contribution in [0.5, 0.6) is 0 Å². The van der Waals surface area contributed by atoms with Gasteiger partial charge in [0.2, 0.25) is 5.91 Å². The molecule has 0 aromatic heterocycles. The Morgan fingerprint density at radius 2 is 1.59 bits per heavy atom. The summed E-state index contributed by atoms with van der Waals surface area (Å²) < 4.78 is 11.4. The minimum absolute atomic E-state index is 0.0120. The topological polar surface area (TPSA) is 79.8 Å². The SMILES string of the molecule is CNCCNC(=O)CCCCCOP(O)OC1CCC(c2ccccc2)(c2ccccc2)CC1. The number of hydrogen-bond acceptors (Lipinski definition) is 5. The highest BCUT2D eigenvalue weighted by Gasteiger charge is 2.39. The average Bonchev–Trinajstić information content (AvgIpc) is 2.88. The fourth-order valence-corrected chi connectivity index (χ4v) is 5.54. The highest BCUT2D eigenvalue weighted by atomic mass is 31.2. The minimum atomic E-state index is -1.87. The van der Waals surface area contributed by atoms with Crippen LogP contribution in [0, 0.1) is 0 Å². The summed E-state index contributed by atoms with van der Waals surface area (Å²) in [6, 6.07) is 21.5. The van der Waals surface area contributed by atoms with E-state index in [2.05, 4.69) is 71.3 Å². The van der Waals surface area contributed by atoms with E-state index in [0.717, 1.165) is 51.5 Å². The molecule has 0 bridgehead atoms. The highest BCUT2D eigenvalue weighted by Crippen LogP contribution is 2.48. The summed E-state index contributed by atoms with van der Waals surface area (Å²) in [6.45, 7) is 1.89. The van der Waals surface area contributed by atoms with E-state index in [0.29, 0.717) is 19.6 Å². The third-order valence-corrected chi connectivity index (χ3v) is 7.51. The average molecular weight is 487 g/mol. The van der Waals surface area contributed by atoms with Gasteiger partial charge in [-0.3, -0.25) is 4.79 Å². The molecule has 186 valence electrons. The lowest BCUT2D eigenvalue weighted by atomic mass is 9.65. The fraction of sp³-hybridized carbons (Fsp3) is 0.519. The minimum Gasteiger partial charge on any atom is -0.355 e. The molecule has 2 aromatic rings. The number of unbranched alkanes of at least 4 members (excludes halogenated alkanes) is 2. The van der Waals surface area contributed by atoms with Gasteiger partial charge >= 0.3 is 8.60 Å². The Morgan fingerprint density at radius 1 is 0.971 bits per heavy atom. The largest absolute Gasteiger partial charge is 0.355 e. The van der Waals surface area contributed by atoms with Gasteiger partial charge in [0.15, 0.2) is 0 Å². The summed E-state index contributed by atoms with van der Waals surface area (Å²) in [5, 5.41) is 5.88. The molecule has 1 unspecified atom stereocenters. The Balaban J connectivity index is 1.37. The first-order valence-electron chi connectivity index (χ1n) is 12.4. The number of rotatable bonds is 14. The fourth-order valence-electron chi connectivity index (χ4n) is 4.73. The molecular formula is C27H39N2O4P. The third-order valence-electron chi connectivity index (χ3n) is 6.63. The number of nitrogens with one attached hydrogen (secondary N) is 2. The lowest BCUT2D eigenvalue weighted by Crippen LogP contribution is -2.35. The monoisotopic (exact) mass is 486 g/mol. The zero-order valence-electron chi connectivity index (χ0n) is 20.2. The van der Waals surface area contributed by atoms with E-state index in [1.165, 1.54) is 11.1 Å². The van der Waals surface area contributed by atoms with E-state index in [1.807, 2.05) is 7.05 Å². The quantitative estimate of drug-likeness (QED) is 0.257. The van der Waals surface area contributed by atoms with Gasteiger partial charge in [-0.2, -0.15) is 0 Å². The van der Waals surface area contributed by atoms with Crippen LogP contribution in [-0.4, -0.2) is 43.6 Å². The normalized spacial score (nSPS) is 16.8. The van der Waals surface area contributed by atoms with Crippen LogP contribution in [0.25, 0.3) is 0 Å². The van der Waals surface area contributed by atoms with Crippen LogP contribution in [0.2, 0.25) is 0 Å². The standard InChI is InChI=1S/C27H39N2O4P/c1-28-20-21-29-26(30)15-9-4-10-22-32-34(31)33-25-16-18-27(19-17-25,23-11-5-2-6-12-23)24-13-7-3-8-14-24/h2-3,5-8,11-14,25,28,31H,4,9-10,15-22H2,1H3,(H,29,30). The van der Waals surface area contributed by atoms with E-state index in [9.17, 15) is 9.69 Å². The van der Waals surface area contributed by atoms with Crippen molar-refractivity contribution in [1.29, 1.82) is 0 Å². The first-order chi connectivity index (χ1) is 16.6. The third kappa shape index (κ3) is 8.14. The number of carbonyl (C=O) groups excluding carboxylic acids is 1. The molecule has 0 aliphatic heterocycles. The number of carbonyl (C=O) groups is 1. The van der Waals surface area contributed by atoms with Crippen molar-refractivity contribution < 1.29 is 18.7 Å². The van der Waals surface area contributed by atoms with Crippen molar-refractivity contribution in [2.24, 2.45) is 0 Å². The van der Waals surface area contributed by atoms with Crippen LogP contribution < -0.4 is 10.6 Å². The zero-order valence-corrected chi connectivity index (χ0v) is 21.1. The van der Waals surface area contributed by atoms with Crippen molar-refractivity contribution in [3.8, 4) is 0 Å². The van der Waals surface area contributed by atoms with Crippen LogP contribution >= 0.6 is 8.60 Å². The van der Waals surface area contributed by atoms with Crippen LogP contribution in [0.4, 0.5) is 0 Å². The van der Waals surface area contributed by atoms with E-state index in [-0.39, 0.29) is 17.4 Å². The van der Waals surface area contributed by atoms with Gasteiger partial charge in [-0.25, -0.2) is 0 Å². The second-order valence-corrected chi connectivity index (χ2v) is 9.90. The van der Waals surface area contributed by atoms with E-state index < -0.39 is 8.60 Å². The smallest absolute Gasteiger partial charge is 0.330 e. The van der Waals surface area contributed by atoms with Crippen molar-refractivity contribution in [2.45, 2.75) is 62.9 Å². The molecule has 1 amide bonds. The predicted octanol–water partition coefficient (Wildman–Crippen LogP) is 5.06. The van der Waals surface area contributed by atoms with Crippen molar-refractivity contribution in [2.75, 3.05) is 26.7 Å². The van der Waals surface area contributed by atoms with Gasteiger partial charge in [0, 0.05) is 24.9 Å². The summed E-state index contributed by atoms with van der Waals surface area (Å²) in [7, 11) is -0.00853. The molecule has 1 saturated carbocycles. The van der Waals surface area contributed by atoms with E-state index >= 15 is 0 Å².